The van der Waals surface area contributed by atoms with Gasteiger partial charge >= 0.3 is 0 Å². The van der Waals surface area contributed by atoms with Gasteiger partial charge in [-0.15, -0.1) is 0 Å². The van der Waals surface area contributed by atoms with E-state index in [0.717, 1.165) is 11.0 Å². The predicted molar refractivity (Wildman–Crippen MR) is 68.8 cm³/mol. The van der Waals surface area contributed by atoms with E-state index in [1.807, 2.05) is 0 Å². The summed E-state index contributed by atoms with van der Waals surface area (Å²) in [4.78, 5) is 22.6. The molecule has 0 atom stereocenters. The fraction of sp³-hybridized carbons (Fsp3) is 0.455. The molecule has 2 heterocycles. The molecule has 1 fully saturated rings. The predicted octanol–water partition coefficient (Wildman–Crippen LogP) is 1.42. The van der Waals surface area contributed by atoms with E-state index in [2.05, 4.69) is 24.6 Å². The van der Waals surface area contributed by atoms with Crippen LogP contribution in [0.4, 0.5) is 5.13 Å². The first-order chi connectivity index (χ1) is 8.70. The van der Waals surface area contributed by atoms with Gasteiger partial charge in [0.25, 0.3) is 5.56 Å². The number of anilines is 1. The first-order valence-electron chi connectivity index (χ1n) is 5.85. The summed E-state index contributed by atoms with van der Waals surface area (Å²) in [6.45, 7) is 2.26. The Morgan fingerprint density at radius 3 is 3.06 bits per heavy atom. The highest BCUT2D eigenvalue weighted by Gasteiger charge is 2.27. The van der Waals surface area contributed by atoms with Crippen LogP contribution in [0.25, 0.3) is 0 Å². The van der Waals surface area contributed by atoms with Crippen molar-refractivity contribution in [3.05, 3.63) is 33.8 Å². The summed E-state index contributed by atoms with van der Waals surface area (Å²) in [5.74, 6) is 2.12. The van der Waals surface area contributed by atoms with Crippen LogP contribution in [0.15, 0.2) is 10.9 Å². The fourth-order valence-electron chi connectivity index (χ4n) is 1.70. The van der Waals surface area contributed by atoms with Gasteiger partial charge in [-0.1, -0.05) is 0 Å². The number of aromatic nitrogens is 4. The Bertz CT molecular complexity index is 616. The average Bonchev–Trinajstić information content (AvgIpc) is 3.05. The maximum absolute atomic E-state index is 11.3. The van der Waals surface area contributed by atoms with E-state index >= 15 is 0 Å². The van der Waals surface area contributed by atoms with Gasteiger partial charge in [0, 0.05) is 29.2 Å². The van der Waals surface area contributed by atoms with Crippen LogP contribution in [-0.4, -0.2) is 19.3 Å². The number of rotatable bonds is 4. The number of H-pyrrole nitrogens is 1. The van der Waals surface area contributed by atoms with Crippen molar-refractivity contribution in [3.63, 3.8) is 0 Å². The molecule has 7 heteroatoms. The average molecular weight is 263 g/mol. The van der Waals surface area contributed by atoms with E-state index in [4.69, 9.17) is 0 Å². The second-order valence-corrected chi connectivity index (χ2v) is 5.17. The summed E-state index contributed by atoms with van der Waals surface area (Å²) in [6.07, 6.45) is 2.39. The standard InChI is InChI=1S/C11H13N5OS/c1-6-4-9(17)14-8(13-6)5-12-11-15-10(16-18-11)7-2-3-7/h4,7H,2-3,5H2,1H3,(H,12,15,16)(H,13,14,17). The van der Waals surface area contributed by atoms with Crippen LogP contribution >= 0.6 is 11.5 Å². The molecule has 18 heavy (non-hydrogen) atoms. The van der Waals surface area contributed by atoms with Gasteiger partial charge in [0.2, 0.25) is 5.13 Å². The lowest BCUT2D eigenvalue weighted by molar-refractivity contribution is 0.900. The van der Waals surface area contributed by atoms with Gasteiger partial charge in [-0.25, -0.2) is 9.97 Å². The Kier molecular flexibility index (Phi) is 2.83. The van der Waals surface area contributed by atoms with Gasteiger partial charge in [-0.05, 0) is 19.8 Å². The lowest BCUT2D eigenvalue weighted by Crippen LogP contribution is -2.14. The molecular formula is C11H13N5OS. The van der Waals surface area contributed by atoms with Crippen molar-refractivity contribution in [2.75, 3.05) is 5.32 Å². The number of aromatic amines is 1. The molecule has 1 saturated carbocycles. The minimum absolute atomic E-state index is 0.129. The van der Waals surface area contributed by atoms with Gasteiger partial charge in [-0.3, -0.25) is 4.79 Å². The van der Waals surface area contributed by atoms with E-state index in [-0.39, 0.29) is 5.56 Å². The van der Waals surface area contributed by atoms with Crippen LogP contribution in [0.3, 0.4) is 0 Å². The van der Waals surface area contributed by atoms with Crippen LogP contribution in [0.2, 0.25) is 0 Å². The van der Waals surface area contributed by atoms with Crippen molar-refractivity contribution in [2.45, 2.75) is 32.2 Å². The normalized spacial score (nSPS) is 14.7. The topological polar surface area (TPSA) is 83.6 Å². The third kappa shape index (κ3) is 2.56. The molecular weight excluding hydrogens is 250 g/mol. The summed E-state index contributed by atoms with van der Waals surface area (Å²) in [6, 6.07) is 1.47. The molecule has 2 aromatic heterocycles. The number of nitrogens with one attached hydrogen (secondary N) is 2. The first-order valence-corrected chi connectivity index (χ1v) is 6.62. The van der Waals surface area contributed by atoms with Crippen molar-refractivity contribution in [1.29, 1.82) is 0 Å². The maximum atomic E-state index is 11.3. The minimum atomic E-state index is -0.129. The van der Waals surface area contributed by atoms with Crippen molar-refractivity contribution in [1.82, 2.24) is 19.3 Å². The molecule has 0 aromatic carbocycles. The van der Waals surface area contributed by atoms with Crippen LogP contribution in [0.5, 0.6) is 0 Å². The van der Waals surface area contributed by atoms with Crippen molar-refractivity contribution in [2.24, 2.45) is 0 Å². The number of nitrogens with zero attached hydrogens (tertiary/aromatic N) is 3. The highest BCUT2D eigenvalue weighted by atomic mass is 32.1. The summed E-state index contributed by atoms with van der Waals surface area (Å²) >= 11 is 1.35. The Morgan fingerprint density at radius 2 is 2.33 bits per heavy atom. The van der Waals surface area contributed by atoms with Gasteiger partial charge < -0.3 is 10.3 Å². The lowest BCUT2D eigenvalue weighted by Gasteiger charge is -2.02. The van der Waals surface area contributed by atoms with Crippen molar-refractivity contribution < 1.29 is 0 Å². The highest BCUT2D eigenvalue weighted by Crippen LogP contribution is 2.39. The van der Waals surface area contributed by atoms with E-state index in [0.29, 0.717) is 24.0 Å². The number of hydrogen-bond donors (Lipinski definition) is 2. The summed E-state index contributed by atoms with van der Waals surface area (Å²) in [5.41, 5.74) is 0.585. The third-order valence-electron chi connectivity index (χ3n) is 2.71. The molecule has 0 saturated heterocycles. The molecule has 2 N–H and O–H groups in total. The van der Waals surface area contributed by atoms with Gasteiger partial charge in [0.05, 0.1) is 6.54 Å². The van der Waals surface area contributed by atoms with E-state index in [1.54, 1.807) is 6.92 Å². The van der Waals surface area contributed by atoms with Crippen LogP contribution in [0.1, 0.15) is 36.1 Å². The molecule has 6 nitrogen and oxygen atoms in total. The monoisotopic (exact) mass is 263 g/mol. The van der Waals surface area contributed by atoms with Gasteiger partial charge in [0.15, 0.2) is 0 Å². The molecule has 3 rings (SSSR count). The van der Waals surface area contributed by atoms with Gasteiger partial charge in [-0.2, -0.15) is 4.37 Å². The minimum Gasteiger partial charge on any atom is -0.353 e. The molecule has 94 valence electrons. The third-order valence-corrected chi connectivity index (χ3v) is 3.40. The van der Waals surface area contributed by atoms with Crippen molar-refractivity contribution in [3.8, 4) is 0 Å². The molecule has 0 aliphatic heterocycles. The van der Waals surface area contributed by atoms with E-state index in [9.17, 15) is 4.79 Å². The zero-order valence-corrected chi connectivity index (χ0v) is 10.8. The maximum Gasteiger partial charge on any atom is 0.251 e. The van der Waals surface area contributed by atoms with E-state index < -0.39 is 0 Å². The summed E-state index contributed by atoms with van der Waals surface area (Å²) < 4.78 is 4.30. The van der Waals surface area contributed by atoms with Crippen molar-refractivity contribution >= 4 is 16.7 Å². The molecule has 1 aliphatic carbocycles. The number of hydrogen-bond acceptors (Lipinski definition) is 6. The Balaban J connectivity index is 1.67. The van der Waals surface area contributed by atoms with Crippen LogP contribution < -0.4 is 10.9 Å². The molecule has 0 amide bonds. The first kappa shape index (κ1) is 11.3. The highest BCUT2D eigenvalue weighted by molar-refractivity contribution is 7.09. The lowest BCUT2D eigenvalue weighted by atomic mass is 10.4. The Morgan fingerprint density at radius 1 is 1.50 bits per heavy atom. The molecule has 0 radical (unpaired) electrons. The molecule has 0 unspecified atom stereocenters. The SMILES string of the molecule is Cc1cc(=O)[nH]c(CNc2nc(C3CC3)ns2)n1. The molecule has 0 bridgehead atoms. The van der Waals surface area contributed by atoms with E-state index in [1.165, 1.54) is 30.4 Å². The molecule has 2 aromatic rings. The zero-order chi connectivity index (χ0) is 12.5. The summed E-state index contributed by atoms with van der Waals surface area (Å²) in [7, 11) is 0. The second kappa shape index (κ2) is 4.49. The van der Waals surface area contributed by atoms with Gasteiger partial charge in [0.1, 0.15) is 11.6 Å². The smallest absolute Gasteiger partial charge is 0.251 e. The Labute approximate surface area is 108 Å². The Hall–Kier alpha value is -1.76. The molecule has 1 aliphatic rings. The number of aryl methyl sites for hydroxylation is 1. The van der Waals surface area contributed by atoms with Crippen LogP contribution in [0, 0.1) is 6.92 Å². The largest absolute Gasteiger partial charge is 0.353 e. The fourth-order valence-corrected chi connectivity index (χ4v) is 2.34. The van der Waals surface area contributed by atoms with Crippen LogP contribution in [-0.2, 0) is 6.54 Å². The zero-order valence-electron chi connectivity index (χ0n) is 9.93. The second-order valence-electron chi connectivity index (χ2n) is 4.42. The quantitative estimate of drug-likeness (QED) is 0.871. The molecule has 0 spiro atoms. The summed E-state index contributed by atoms with van der Waals surface area (Å²) in [5, 5.41) is 3.91.